The molecule has 1 amide bonds. The predicted molar refractivity (Wildman–Crippen MR) is 118 cm³/mol. The standard InChI is InChI=1S/C25H24FN3O2/c1-17-5-4-12-29-23(16-28-25(17)29)22(19-6-3-7-21(13-19)31-2)14-24(30)27-15-18-8-10-20(26)11-9-18/h3-13,16,22H,14-15H2,1-2H3,(H,27,30). The van der Waals surface area contributed by atoms with Gasteiger partial charge >= 0.3 is 0 Å². The van der Waals surface area contributed by atoms with Gasteiger partial charge in [-0.05, 0) is 53.9 Å². The molecule has 2 aromatic heterocycles. The lowest BCUT2D eigenvalue weighted by Gasteiger charge is -2.18. The Hall–Kier alpha value is -3.67. The Morgan fingerprint density at radius 3 is 2.74 bits per heavy atom. The van der Waals surface area contributed by atoms with Crippen LogP contribution in [0.1, 0.15) is 34.7 Å². The third kappa shape index (κ3) is 4.58. The minimum absolute atomic E-state index is 0.0975. The van der Waals surface area contributed by atoms with Crippen LogP contribution in [0.15, 0.2) is 73.1 Å². The molecule has 6 heteroatoms. The Labute approximate surface area is 180 Å². The fourth-order valence-electron chi connectivity index (χ4n) is 3.74. The molecule has 158 valence electrons. The van der Waals surface area contributed by atoms with Crippen molar-refractivity contribution in [1.29, 1.82) is 0 Å². The zero-order valence-electron chi connectivity index (χ0n) is 17.5. The number of rotatable bonds is 7. The second-order valence-corrected chi connectivity index (χ2v) is 7.50. The molecule has 0 saturated heterocycles. The van der Waals surface area contributed by atoms with Crippen molar-refractivity contribution in [3.05, 3.63) is 101 Å². The van der Waals surface area contributed by atoms with Gasteiger partial charge in [0.1, 0.15) is 17.2 Å². The number of ether oxygens (including phenoxy) is 1. The zero-order chi connectivity index (χ0) is 21.8. The summed E-state index contributed by atoms with van der Waals surface area (Å²) in [5.74, 6) is 0.134. The van der Waals surface area contributed by atoms with Gasteiger partial charge in [0.25, 0.3) is 0 Å². The maximum atomic E-state index is 13.1. The van der Waals surface area contributed by atoms with Gasteiger partial charge in [0.05, 0.1) is 12.8 Å². The summed E-state index contributed by atoms with van der Waals surface area (Å²) in [6.07, 6.45) is 4.05. The Balaban J connectivity index is 1.62. The molecule has 2 aromatic carbocycles. The summed E-state index contributed by atoms with van der Waals surface area (Å²) in [4.78, 5) is 17.5. The molecule has 1 atom stereocenters. The molecule has 0 aliphatic rings. The number of nitrogens with zero attached hydrogens (tertiary/aromatic N) is 2. The van der Waals surface area contributed by atoms with Crippen LogP contribution in [0.25, 0.3) is 5.65 Å². The fourth-order valence-corrected chi connectivity index (χ4v) is 3.74. The van der Waals surface area contributed by atoms with Gasteiger partial charge in [-0.2, -0.15) is 0 Å². The third-order valence-electron chi connectivity index (χ3n) is 5.41. The SMILES string of the molecule is COc1cccc(C(CC(=O)NCc2ccc(F)cc2)c2cnc3c(C)cccn23)c1. The smallest absolute Gasteiger partial charge is 0.221 e. The lowest BCUT2D eigenvalue weighted by atomic mass is 9.92. The van der Waals surface area contributed by atoms with Gasteiger partial charge in [-0.3, -0.25) is 4.79 Å². The molecule has 1 N–H and O–H groups in total. The van der Waals surface area contributed by atoms with Gasteiger partial charge < -0.3 is 14.5 Å². The number of carbonyl (C=O) groups is 1. The number of pyridine rings is 1. The lowest BCUT2D eigenvalue weighted by Crippen LogP contribution is -2.25. The Kier molecular flexibility index (Phi) is 5.98. The molecule has 2 heterocycles. The van der Waals surface area contributed by atoms with Crippen molar-refractivity contribution in [2.24, 2.45) is 0 Å². The van der Waals surface area contributed by atoms with Crippen LogP contribution < -0.4 is 10.1 Å². The maximum absolute atomic E-state index is 13.1. The molecule has 1 unspecified atom stereocenters. The largest absolute Gasteiger partial charge is 0.497 e. The highest BCUT2D eigenvalue weighted by atomic mass is 19.1. The highest BCUT2D eigenvalue weighted by Crippen LogP contribution is 2.31. The van der Waals surface area contributed by atoms with Crippen LogP contribution in [0, 0.1) is 12.7 Å². The van der Waals surface area contributed by atoms with Crippen LogP contribution in [0.2, 0.25) is 0 Å². The van der Waals surface area contributed by atoms with Crippen LogP contribution in [0.5, 0.6) is 5.75 Å². The van der Waals surface area contributed by atoms with E-state index in [9.17, 15) is 9.18 Å². The Bertz CT molecular complexity index is 1200. The highest BCUT2D eigenvalue weighted by Gasteiger charge is 2.22. The molecular weight excluding hydrogens is 393 g/mol. The zero-order valence-corrected chi connectivity index (χ0v) is 17.5. The van der Waals surface area contributed by atoms with Crippen molar-refractivity contribution < 1.29 is 13.9 Å². The van der Waals surface area contributed by atoms with E-state index >= 15 is 0 Å². The van der Waals surface area contributed by atoms with E-state index in [0.29, 0.717) is 6.54 Å². The van der Waals surface area contributed by atoms with Crippen LogP contribution in [0.4, 0.5) is 4.39 Å². The third-order valence-corrected chi connectivity index (χ3v) is 5.41. The quantitative estimate of drug-likeness (QED) is 0.477. The molecule has 0 bridgehead atoms. The normalized spacial score (nSPS) is 12.0. The Morgan fingerprint density at radius 1 is 1.16 bits per heavy atom. The number of hydrogen-bond acceptors (Lipinski definition) is 3. The van der Waals surface area contributed by atoms with Crippen molar-refractivity contribution in [2.45, 2.75) is 25.8 Å². The van der Waals surface area contributed by atoms with Crippen molar-refractivity contribution in [2.75, 3.05) is 7.11 Å². The van der Waals surface area contributed by atoms with E-state index < -0.39 is 0 Å². The molecule has 4 aromatic rings. The van der Waals surface area contributed by atoms with Crippen molar-refractivity contribution in [3.63, 3.8) is 0 Å². The summed E-state index contributed by atoms with van der Waals surface area (Å²) in [5, 5.41) is 2.95. The first kappa shape index (κ1) is 20.6. The van der Waals surface area contributed by atoms with Gasteiger partial charge in [-0.15, -0.1) is 0 Å². The monoisotopic (exact) mass is 417 g/mol. The van der Waals surface area contributed by atoms with Crippen LogP contribution in [0.3, 0.4) is 0 Å². The lowest BCUT2D eigenvalue weighted by molar-refractivity contribution is -0.121. The number of imidazole rings is 1. The molecular formula is C25H24FN3O2. The second-order valence-electron chi connectivity index (χ2n) is 7.50. The first-order valence-electron chi connectivity index (χ1n) is 10.1. The average molecular weight is 417 g/mol. The molecule has 0 spiro atoms. The van der Waals surface area contributed by atoms with Crippen LogP contribution >= 0.6 is 0 Å². The maximum Gasteiger partial charge on any atom is 0.221 e. The first-order chi connectivity index (χ1) is 15.0. The van der Waals surface area contributed by atoms with Crippen LogP contribution in [-0.4, -0.2) is 22.4 Å². The number of aryl methyl sites for hydroxylation is 1. The number of amides is 1. The van der Waals surface area contributed by atoms with E-state index in [2.05, 4.69) is 10.3 Å². The summed E-state index contributed by atoms with van der Waals surface area (Å²) in [7, 11) is 1.63. The number of benzene rings is 2. The number of fused-ring (bicyclic) bond motifs is 1. The topological polar surface area (TPSA) is 55.6 Å². The minimum atomic E-state index is -0.295. The average Bonchev–Trinajstić information content (AvgIpc) is 3.22. The van der Waals surface area contributed by atoms with Gasteiger partial charge in [0.15, 0.2) is 0 Å². The summed E-state index contributed by atoms with van der Waals surface area (Å²) in [5.41, 5.74) is 4.69. The van der Waals surface area contributed by atoms with E-state index in [0.717, 1.165) is 33.8 Å². The number of hydrogen-bond donors (Lipinski definition) is 1. The van der Waals surface area contributed by atoms with Gasteiger partial charge in [-0.1, -0.05) is 30.3 Å². The molecule has 31 heavy (non-hydrogen) atoms. The molecule has 4 rings (SSSR count). The predicted octanol–water partition coefficient (Wildman–Crippen LogP) is 4.63. The number of halogens is 1. The summed E-state index contributed by atoms with van der Waals surface area (Å²) < 4.78 is 20.5. The van der Waals surface area contributed by atoms with Crippen molar-refractivity contribution in [1.82, 2.24) is 14.7 Å². The van der Waals surface area contributed by atoms with Crippen molar-refractivity contribution in [3.8, 4) is 5.75 Å². The van der Waals surface area contributed by atoms with Crippen molar-refractivity contribution >= 4 is 11.6 Å². The number of methoxy groups -OCH3 is 1. The van der Waals surface area contributed by atoms with Crippen LogP contribution in [-0.2, 0) is 11.3 Å². The molecule has 0 radical (unpaired) electrons. The van der Waals surface area contributed by atoms with E-state index in [4.69, 9.17) is 4.74 Å². The molecule has 0 aliphatic carbocycles. The van der Waals surface area contributed by atoms with Gasteiger partial charge in [0.2, 0.25) is 5.91 Å². The number of carbonyl (C=O) groups excluding carboxylic acids is 1. The number of nitrogens with one attached hydrogen (secondary N) is 1. The summed E-state index contributed by atoms with van der Waals surface area (Å²) in [6, 6.07) is 17.9. The summed E-state index contributed by atoms with van der Waals surface area (Å²) in [6.45, 7) is 2.36. The van der Waals surface area contributed by atoms with E-state index in [1.54, 1.807) is 19.2 Å². The molecule has 0 aliphatic heterocycles. The minimum Gasteiger partial charge on any atom is -0.497 e. The second kappa shape index (κ2) is 9.00. The molecule has 0 fully saturated rings. The first-order valence-corrected chi connectivity index (χ1v) is 10.1. The summed E-state index contributed by atoms with van der Waals surface area (Å²) >= 11 is 0. The van der Waals surface area contributed by atoms with E-state index in [-0.39, 0.29) is 24.1 Å². The fraction of sp³-hybridized carbons (Fsp3) is 0.200. The van der Waals surface area contributed by atoms with E-state index in [1.165, 1.54) is 12.1 Å². The van der Waals surface area contributed by atoms with Gasteiger partial charge in [-0.25, -0.2) is 9.37 Å². The van der Waals surface area contributed by atoms with E-state index in [1.807, 2.05) is 60.1 Å². The number of aromatic nitrogens is 2. The Morgan fingerprint density at radius 2 is 1.97 bits per heavy atom. The molecule has 5 nitrogen and oxygen atoms in total. The highest BCUT2D eigenvalue weighted by molar-refractivity contribution is 5.77. The van der Waals surface area contributed by atoms with Gasteiger partial charge in [0, 0.05) is 31.3 Å². The molecule has 0 saturated carbocycles.